The Labute approximate surface area is 358 Å². The van der Waals surface area contributed by atoms with Crippen LogP contribution < -0.4 is 15.5 Å². The van der Waals surface area contributed by atoms with E-state index in [2.05, 4.69) is 36.7 Å². The number of likely N-dealkylation sites (tertiary alicyclic amines) is 1. The van der Waals surface area contributed by atoms with Gasteiger partial charge in [0.05, 0.1) is 48.0 Å². The van der Waals surface area contributed by atoms with Crippen molar-refractivity contribution in [3.8, 4) is 0 Å². The Morgan fingerprint density at radius 1 is 1.05 bits per heavy atom. The average molecular weight is 856 g/mol. The van der Waals surface area contributed by atoms with Crippen LogP contribution in [0.1, 0.15) is 111 Å². The van der Waals surface area contributed by atoms with Gasteiger partial charge in [-0.2, -0.15) is 15.3 Å². The lowest BCUT2D eigenvalue weighted by Crippen LogP contribution is -2.42. The molecule has 3 saturated heterocycles. The molecule has 18 heteroatoms. The third kappa shape index (κ3) is 8.95. The second kappa shape index (κ2) is 18.2. The summed E-state index contributed by atoms with van der Waals surface area (Å²) >= 11 is 0. The fraction of sp³-hybridized carbons (Fsp3) is 0.568. The van der Waals surface area contributed by atoms with Crippen molar-refractivity contribution in [1.82, 2.24) is 44.4 Å². The first kappa shape index (κ1) is 42.0. The van der Waals surface area contributed by atoms with Crippen LogP contribution in [0.3, 0.4) is 0 Å². The van der Waals surface area contributed by atoms with E-state index >= 15 is 0 Å². The van der Waals surface area contributed by atoms with E-state index in [-0.39, 0.29) is 41.3 Å². The molecule has 62 heavy (non-hydrogen) atoms. The van der Waals surface area contributed by atoms with Crippen molar-refractivity contribution < 1.29 is 32.6 Å². The van der Waals surface area contributed by atoms with Crippen molar-refractivity contribution in [2.45, 2.75) is 109 Å². The number of fused-ring (bicyclic) bond motifs is 2. The standard InChI is InChI=1S/C44H55F2N11O5/c1-27-24-54(20-22-61-27)37-16-19-55-42(49-37)33(23-47-55)43(59)48-34-26-56(52-40(34)41(45)46)31-10-8-29(9-11-31)25-53-17-14-32(15-18-53)62-21-4-6-30-5-3-7-35-39(30)28(2)51-57(35)36-12-13-38(58)50-44(36)60/h3,5,7,16,19,23,26-27,29,31-32,36,41H,4,6,8-15,17-18,20-22,24-25H2,1-2H3,(H,48,59)(H,50,58,60)/t27-,29?,31?,36?/m0/s1. The number of ether oxygens (including phenoxy) is 2. The van der Waals surface area contributed by atoms with Crippen molar-refractivity contribution in [3.05, 3.63) is 65.4 Å². The molecule has 0 bridgehead atoms. The molecule has 1 aliphatic carbocycles. The number of rotatable bonds is 13. The van der Waals surface area contributed by atoms with Crippen LogP contribution in [0.5, 0.6) is 0 Å². The Hall–Kier alpha value is -5.33. The molecule has 5 aromatic rings. The zero-order chi connectivity index (χ0) is 42.9. The molecular formula is C44H55F2N11O5. The van der Waals surface area contributed by atoms with Crippen molar-refractivity contribution in [2.75, 3.05) is 56.2 Å². The lowest BCUT2D eigenvalue weighted by molar-refractivity contribution is -0.135. The molecular weight excluding hydrogens is 801 g/mol. The number of hydrogen-bond donors (Lipinski definition) is 2. The van der Waals surface area contributed by atoms with E-state index in [0.717, 1.165) is 87.6 Å². The highest BCUT2D eigenvalue weighted by molar-refractivity contribution is 6.08. The second-order valence-electron chi connectivity index (χ2n) is 17.4. The predicted molar refractivity (Wildman–Crippen MR) is 226 cm³/mol. The van der Waals surface area contributed by atoms with Gasteiger partial charge in [0.2, 0.25) is 5.91 Å². The Morgan fingerprint density at radius 3 is 2.65 bits per heavy atom. The number of morpholine rings is 1. The maximum atomic E-state index is 14.3. The minimum atomic E-state index is -2.85. The number of hydrogen-bond acceptors (Lipinski definition) is 11. The second-order valence-corrected chi connectivity index (χ2v) is 17.4. The molecule has 2 N–H and O–H groups in total. The van der Waals surface area contributed by atoms with Gasteiger partial charge < -0.3 is 24.6 Å². The van der Waals surface area contributed by atoms with Gasteiger partial charge in [0.15, 0.2) is 11.3 Å². The van der Waals surface area contributed by atoms with Gasteiger partial charge in [-0.3, -0.25) is 29.1 Å². The van der Waals surface area contributed by atoms with E-state index < -0.39 is 24.1 Å². The number of aromatic nitrogens is 7. The minimum absolute atomic E-state index is 0.00113. The topological polar surface area (TPSA) is 166 Å². The maximum absolute atomic E-state index is 14.3. The fourth-order valence-electron chi connectivity index (χ4n) is 9.81. The van der Waals surface area contributed by atoms with Gasteiger partial charge in [-0.15, -0.1) is 0 Å². The lowest BCUT2D eigenvalue weighted by atomic mass is 9.85. The molecule has 9 rings (SSSR count). The SMILES string of the molecule is Cc1nn(C2CCC(=O)NC2=O)c2cccc(CCCOC3CCN(CC4CCC(n5cc(NC(=O)c6cnn7ccc(N8CCO[C@@H](C)C8)nc67)c(C(F)F)n5)CC4)CC3)c12. The van der Waals surface area contributed by atoms with E-state index in [1.807, 2.05) is 32.0 Å². The summed E-state index contributed by atoms with van der Waals surface area (Å²) in [5, 5.41) is 19.5. The zero-order valence-electron chi connectivity index (χ0n) is 35.3. The van der Waals surface area contributed by atoms with Crippen LogP contribution in [0, 0.1) is 12.8 Å². The monoisotopic (exact) mass is 855 g/mol. The number of alkyl halides is 2. The molecule has 3 aliphatic heterocycles. The summed E-state index contributed by atoms with van der Waals surface area (Å²) in [6.45, 7) is 9.54. The molecule has 2 atom stereocenters. The number of halogens is 2. The van der Waals surface area contributed by atoms with E-state index in [9.17, 15) is 23.2 Å². The van der Waals surface area contributed by atoms with Gasteiger partial charge in [-0.1, -0.05) is 12.1 Å². The van der Waals surface area contributed by atoms with Crippen LogP contribution in [0.2, 0.25) is 0 Å². The van der Waals surface area contributed by atoms with Gasteiger partial charge in [0.1, 0.15) is 17.4 Å². The molecule has 4 aliphatic rings. The van der Waals surface area contributed by atoms with Crippen LogP contribution in [-0.4, -0.2) is 115 Å². The number of nitrogens with zero attached hydrogens (tertiary/aromatic N) is 9. The molecule has 330 valence electrons. The summed E-state index contributed by atoms with van der Waals surface area (Å²) in [5.41, 5.74) is 3.08. The summed E-state index contributed by atoms with van der Waals surface area (Å²) in [7, 11) is 0. The Balaban J connectivity index is 0.725. The summed E-state index contributed by atoms with van der Waals surface area (Å²) in [6, 6.07) is 7.45. The molecule has 1 aromatic carbocycles. The van der Waals surface area contributed by atoms with Crippen LogP contribution in [0.25, 0.3) is 16.6 Å². The molecule has 0 radical (unpaired) electrons. The number of carbonyl (C=O) groups excluding carboxylic acids is 3. The first-order valence-corrected chi connectivity index (χ1v) is 22.1. The minimum Gasteiger partial charge on any atom is -0.378 e. The molecule has 4 fully saturated rings. The smallest absolute Gasteiger partial charge is 0.284 e. The fourth-order valence-corrected chi connectivity index (χ4v) is 9.81. The molecule has 0 spiro atoms. The molecule has 3 amide bonds. The zero-order valence-corrected chi connectivity index (χ0v) is 35.3. The van der Waals surface area contributed by atoms with Gasteiger partial charge >= 0.3 is 0 Å². The van der Waals surface area contributed by atoms with E-state index in [1.54, 1.807) is 21.8 Å². The van der Waals surface area contributed by atoms with Crippen molar-refractivity contribution >= 4 is 45.8 Å². The maximum Gasteiger partial charge on any atom is 0.284 e. The number of nitrogens with one attached hydrogen (secondary N) is 2. The van der Waals surface area contributed by atoms with Gasteiger partial charge in [0.25, 0.3) is 18.2 Å². The number of aryl methyl sites for hydroxylation is 2. The Morgan fingerprint density at radius 2 is 1.87 bits per heavy atom. The summed E-state index contributed by atoms with van der Waals surface area (Å²) in [4.78, 5) is 47.1. The highest BCUT2D eigenvalue weighted by atomic mass is 19.3. The van der Waals surface area contributed by atoms with Crippen LogP contribution in [-0.2, 0) is 25.5 Å². The number of carbonyl (C=O) groups is 3. The third-order valence-corrected chi connectivity index (χ3v) is 13.1. The Bertz CT molecular complexity index is 2420. The van der Waals surface area contributed by atoms with E-state index in [1.165, 1.54) is 16.3 Å². The Kier molecular flexibility index (Phi) is 12.3. The molecule has 7 heterocycles. The van der Waals surface area contributed by atoms with Crippen LogP contribution >= 0.6 is 0 Å². The van der Waals surface area contributed by atoms with Gasteiger partial charge in [-0.25, -0.2) is 18.3 Å². The van der Waals surface area contributed by atoms with E-state index in [0.29, 0.717) is 56.5 Å². The van der Waals surface area contributed by atoms with Crippen LogP contribution in [0.15, 0.2) is 42.9 Å². The molecule has 1 saturated carbocycles. The highest BCUT2D eigenvalue weighted by Gasteiger charge is 2.32. The average Bonchev–Trinajstić information content (AvgIpc) is 3.99. The van der Waals surface area contributed by atoms with Crippen LogP contribution in [0.4, 0.5) is 20.3 Å². The molecule has 1 unspecified atom stereocenters. The lowest BCUT2D eigenvalue weighted by Gasteiger charge is -2.36. The first-order chi connectivity index (χ1) is 30.1. The van der Waals surface area contributed by atoms with E-state index in [4.69, 9.17) is 19.6 Å². The summed E-state index contributed by atoms with van der Waals surface area (Å²) in [6.07, 6.45) is 10.2. The van der Waals surface area contributed by atoms with Crippen molar-refractivity contribution in [3.63, 3.8) is 0 Å². The van der Waals surface area contributed by atoms with Gasteiger partial charge in [0, 0.05) is 63.5 Å². The highest BCUT2D eigenvalue weighted by Crippen LogP contribution is 2.36. The van der Waals surface area contributed by atoms with Crippen molar-refractivity contribution in [2.24, 2.45) is 5.92 Å². The largest absolute Gasteiger partial charge is 0.378 e. The summed E-state index contributed by atoms with van der Waals surface area (Å²) < 4.78 is 45.5. The number of amides is 3. The number of imide groups is 1. The summed E-state index contributed by atoms with van der Waals surface area (Å²) in [5.74, 6) is 0.116. The first-order valence-electron chi connectivity index (χ1n) is 22.1. The predicted octanol–water partition coefficient (Wildman–Crippen LogP) is 5.82. The number of anilines is 2. The van der Waals surface area contributed by atoms with Gasteiger partial charge in [-0.05, 0) is 95.2 Å². The quantitative estimate of drug-likeness (QED) is 0.108. The molecule has 16 nitrogen and oxygen atoms in total. The third-order valence-electron chi connectivity index (χ3n) is 13.1. The van der Waals surface area contributed by atoms with Crippen molar-refractivity contribution in [1.29, 1.82) is 0 Å². The molecule has 4 aromatic heterocycles. The number of piperidine rings is 2. The number of benzene rings is 1. The normalized spacial score (nSPS) is 23.1.